The Bertz CT molecular complexity index is 133. The largest absolute Gasteiger partial charge is 0.347 e. The van der Waals surface area contributed by atoms with Crippen LogP contribution in [0.2, 0.25) is 0 Å². The zero-order valence-corrected chi connectivity index (χ0v) is 5.83. The quantitative estimate of drug-likeness (QED) is 0.566. The fourth-order valence-corrected chi connectivity index (χ4v) is 0.342. The molecule has 0 saturated heterocycles. The fraction of sp³-hybridized carbons (Fsp3) is 0.667. The lowest BCUT2D eigenvalue weighted by atomic mass is 10.2. The molecule has 0 rings (SSSR count). The van der Waals surface area contributed by atoms with Gasteiger partial charge >= 0.3 is 5.92 Å². The van der Waals surface area contributed by atoms with Crippen molar-refractivity contribution in [1.29, 1.82) is 0 Å². The van der Waals surface area contributed by atoms with E-state index in [1.807, 2.05) is 0 Å². The molecule has 0 heterocycles. The normalized spacial score (nSPS) is 14.9. The summed E-state index contributed by atoms with van der Waals surface area (Å²) in [4.78, 5) is 0. The Labute approximate surface area is 57.5 Å². The van der Waals surface area contributed by atoms with Crippen molar-refractivity contribution in [3.05, 3.63) is 12.2 Å². The Hall–Kier alpha value is -0.510. The van der Waals surface area contributed by atoms with Crippen LogP contribution in [0.1, 0.15) is 6.92 Å². The molecule has 0 saturated carbocycles. The predicted molar refractivity (Wildman–Crippen MR) is 31.7 cm³/mol. The topological polar surface area (TPSA) is 9.23 Å². The Morgan fingerprint density at radius 3 is 2.10 bits per heavy atom. The monoisotopic (exact) mass is 154 g/mol. The van der Waals surface area contributed by atoms with Gasteiger partial charge in [-0.2, -0.15) is 8.78 Å². The third kappa shape index (κ3) is 1.73. The third-order valence-electron chi connectivity index (χ3n) is 1.06. The Morgan fingerprint density at radius 1 is 1.60 bits per heavy atom. The van der Waals surface area contributed by atoms with Gasteiger partial charge in [-0.15, -0.1) is 0 Å². The predicted octanol–water partition coefficient (Wildman–Crippen LogP) is 2.14. The van der Waals surface area contributed by atoms with Crippen LogP contribution in [-0.2, 0) is 4.74 Å². The number of methoxy groups -OCH3 is 1. The van der Waals surface area contributed by atoms with E-state index >= 15 is 0 Å². The highest BCUT2D eigenvalue weighted by Crippen LogP contribution is 2.28. The number of ether oxygens (including phenoxy) is 1. The van der Waals surface area contributed by atoms with Crippen molar-refractivity contribution in [1.82, 2.24) is 0 Å². The minimum Gasteiger partial charge on any atom is -0.347 e. The first-order chi connectivity index (χ1) is 4.42. The molecular formula is C6H9F3O. The van der Waals surface area contributed by atoms with Gasteiger partial charge in [-0.25, -0.2) is 4.39 Å². The molecule has 0 aromatic rings. The first-order valence-corrected chi connectivity index (χ1v) is 2.63. The van der Waals surface area contributed by atoms with Crippen LogP contribution in [0.3, 0.4) is 0 Å². The minimum atomic E-state index is -3.57. The van der Waals surface area contributed by atoms with Gasteiger partial charge in [-0.05, 0) is 12.5 Å². The van der Waals surface area contributed by atoms with E-state index in [4.69, 9.17) is 0 Å². The number of alkyl halides is 3. The van der Waals surface area contributed by atoms with Gasteiger partial charge in [0, 0.05) is 7.11 Å². The number of hydrogen-bond acceptors (Lipinski definition) is 1. The minimum absolute atomic E-state index is 0.540. The molecule has 1 atom stereocenters. The summed E-state index contributed by atoms with van der Waals surface area (Å²) in [5.74, 6) is -3.57. The summed E-state index contributed by atoms with van der Waals surface area (Å²) in [6.45, 7) is 3.97. The van der Waals surface area contributed by atoms with Crippen molar-refractivity contribution in [2.45, 2.75) is 19.2 Å². The molecule has 0 radical (unpaired) electrons. The Kier molecular flexibility index (Phi) is 2.90. The highest BCUT2D eigenvalue weighted by Gasteiger charge is 2.41. The van der Waals surface area contributed by atoms with E-state index in [-0.39, 0.29) is 0 Å². The van der Waals surface area contributed by atoms with Crippen molar-refractivity contribution in [3.63, 3.8) is 0 Å². The van der Waals surface area contributed by atoms with E-state index in [1.165, 1.54) is 0 Å². The van der Waals surface area contributed by atoms with Gasteiger partial charge in [0.15, 0.2) is 0 Å². The SMILES string of the molecule is C=C(C)C(F)(F)C(F)OC. The van der Waals surface area contributed by atoms with Crippen LogP contribution in [0.25, 0.3) is 0 Å². The van der Waals surface area contributed by atoms with Crippen LogP contribution in [0.5, 0.6) is 0 Å². The Balaban J connectivity index is 4.23. The molecule has 1 unspecified atom stereocenters. The van der Waals surface area contributed by atoms with E-state index in [2.05, 4.69) is 11.3 Å². The van der Waals surface area contributed by atoms with Gasteiger partial charge in [0.2, 0.25) is 0 Å². The van der Waals surface area contributed by atoms with E-state index < -0.39 is 17.9 Å². The summed E-state index contributed by atoms with van der Waals surface area (Å²) < 4.78 is 40.6. The molecule has 1 nitrogen and oxygen atoms in total. The summed E-state index contributed by atoms with van der Waals surface area (Å²) in [6, 6.07) is 0. The van der Waals surface area contributed by atoms with Gasteiger partial charge in [-0.3, -0.25) is 0 Å². The van der Waals surface area contributed by atoms with Crippen molar-refractivity contribution in [2.75, 3.05) is 7.11 Å². The van der Waals surface area contributed by atoms with Gasteiger partial charge in [0.05, 0.1) is 0 Å². The smallest absolute Gasteiger partial charge is 0.323 e. The molecule has 0 bridgehead atoms. The van der Waals surface area contributed by atoms with Crippen molar-refractivity contribution in [3.8, 4) is 0 Å². The highest BCUT2D eigenvalue weighted by atomic mass is 19.3. The molecule has 60 valence electrons. The lowest BCUT2D eigenvalue weighted by molar-refractivity contribution is -0.161. The second-order valence-corrected chi connectivity index (χ2v) is 1.96. The third-order valence-corrected chi connectivity index (χ3v) is 1.06. The van der Waals surface area contributed by atoms with Crippen molar-refractivity contribution < 1.29 is 17.9 Å². The summed E-state index contributed by atoms with van der Waals surface area (Å²) in [6.07, 6.45) is -2.59. The second-order valence-electron chi connectivity index (χ2n) is 1.96. The molecule has 0 aliphatic carbocycles. The Morgan fingerprint density at radius 2 is 2.00 bits per heavy atom. The van der Waals surface area contributed by atoms with Crippen LogP contribution < -0.4 is 0 Å². The standard InChI is InChI=1S/C6H9F3O/c1-4(2)6(8,9)5(7)10-3/h5H,1H2,2-3H3. The molecule has 0 aliphatic rings. The molecule has 0 spiro atoms. The first-order valence-electron chi connectivity index (χ1n) is 2.63. The van der Waals surface area contributed by atoms with E-state index in [1.54, 1.807) is 0 Å². The summed E-state index contributed by atoms with van der Waals surface area (Å²) >= 11 is 0. The zero-order valence-electron chi connectivity index (χ0n) is 5.83. The number of hydrogen-bond donors (Lipinski definition) is 0. The van der Waals surface area contributed by atoms with Gasteiger partial charge in [-0.1, -0.05) is 6.58 Å². The van der Waals surface area contributed by atoms with Crippen LogP contribution >= 0.6 is 0 Å². The molecule has 0 aliphatic heterocycles. The van der Waals surface area contributed by atoms with E-state index in [0.717, 1.165) is 14.0 Å². The molecule has 0 amide bonds. The summed E-state index contributed by atoms with van der Waals surface area (Å²) in [5, 5.41) is 0. The average molecular weight is 154 g/mol. The van der Waals surface area contributed by atoms with Crippen LogP contribution in [0, 0.1) is 0 Å². The molecule has 0 fully saturated rings. The summed E-state index contributed by atoms with van der Waals surface area (Å²) in [5.41, 5.74) is -0.540. The second kappa shape index (κ2) is 3.05. The van der Waals surface area contributed by atoms with E-state index in [9.17, 15) is 13.2 Å². The highest BCUT2D eigenvalue weighted by molar-refractivity contribution is 5.04. The van der Waals surface area contributed by atoms with Gasteiger partial charge in [0.1, 0.15) is 0 Å². The van der Waals surface area contributed by atoms with Crippen molar-refractivity contribution >= 4 is 0 Å². The molecule has 4 heteroatoms. The van der Waals surface area contributed by atoms with Crippen LogP contribution in [-0.4, -0.2) is 19.4 Å². The van der Waals surface area contributed by atoms with Gasteiger partial charge < -0.3 is 4.74 Å². The first kappa shape index (κ1) is 9.49. The fourth-order valence-electron chi connectivity index (χ4n) is 0.342. The molecule has 0 aromatic heterocycles. The van der Waals surface area contributed by atoms with Crippen LogP contribution in [0.4, 0.5) is 13.2 Å². The number of rotatable bonds is 3. The maximum atomic E-state index is 12.3. The lowest BCUT2D eigenvalue weighted by Crippen LogP contribution is -2.32. The molecule has 0 N–H and O–H groups in total. The van der Waals surface area contributed by atoms with Crippen molar-refractivity contribution in [2.24, 2.45) is 0 Å². The summed E-state index contributed by atoms with van der Waals surface area (Å²) in [7, 11) is 0.877. The van der Waals surface area contributed by atoms with Crippen LogP contribution in [0.15, 0.2) is 12.2 Å². The number of halogens is 3. The molecule has 0 aromatic carbocycles. The maximum Gasteiger partial charge on any atom is 0.323 e. The molecule has 10 heavy (non-hydrogen) atoms. The maximum absolute atomic E-state index is 12.3. The zero-order chi connectivity index (χ0) is 8.36. The lowest BCUT2D eigenvalue weighted by Gasteiger charge is -2.18. The van der Waals surface area contributed by atoms with Gasteiger partial charge in [0.25, 0.3) is 6.36 Å². The molecular weight excluding hydrogens is 145 g/mol. The average Bonchev–Trinajstić information content (AvgIpc) is 1.86. The van der Waals surface area contributed by atoms with E-state index in [0.29, 0.717) is 0 Å².